The van der Waals surface area contributed by atoms with Crippen LogP contribution >= 0.6 is 0 Å². The first-order valence-electron chi connectivity index (χ1n) is 11.4. The standard InChI is InChI=1S/C22H30BF3N4O3/c1-19(2)20(3,4)33-23(32-19)15-9-16-17-27-28-18(21(7-6-8-21)22(24,25)26)30(17)11-14(13-31-5)10-29(16)12-15/h9,12,14H,6-8,10-11,13H2,1-5H3. The first-order chi connectivity index (χ1) is 15.4. The Hall–Kier alpha value is -1.85. The van der Waals surface area contributed by atoms with Gasteiger partial charge in [0.2, 0.25) is 0 Å². The summed E-state index contributed by atoms with van der Waals surface area (Å²) in [4.78, 5) is 0. The molecule has 1 atom stereocenters. The Balaban J connectivity index is 1.59. The smallest absolute Gasteiger partial charge is 0.399 e. The molecule has 7 nitrogen and oxygen atoms in total. The Labute approximate surface area is 191 Å². The van der Waals surface area contributed by atoms with Gasteiger partial charge in [-0.25, -0.2) is 0 Å². The first-order valence-corrected chi connectivity index (χ1v) is 11.4. The summed E-state index contributed by atoms with van der Waals surface area (Å²) in [6.07, 6.45) is -1.79. The normalized spacial score (nSPS) is 25.3. The van der Waals surface area contributed by atoms with Crippen molar-refractivity contribution < 1.29 is 27.2 Å². The van der Waals surface area contributed by atoms with E-state index >= 15 is 0 Å². The maximum Gasteiger partial charge on any atom is 0.496 e. The van der Waals surface area contributed by atoms with E-state index in [9.17, 15) is 13.2 Å². The minimum Gasteiger partial charge on any atom is -0.399 e. The van der Waals surface area contributed by atoms with Crippen LogP contribution in [-0.4, -0.2) is 57.5 Å². The monoisotopic (exact) mass is 466 g/mol. The average Bonchev–Trinajstić information content (AvgIpc) is 3.26. The maximum atomic E-state index is 14.1. The minimum atomic E-state index is -4.37. The number of halogens is 3. The molecule has 0 N–H and O–H groups in total. The van der Waals surface area contributed by atoms with Crippen LogP contribution in [0.2, 0.25) is 0 Å². The summed E-state index contributed by atoms with van der Waals surface area (Å²) in [5.74, 6) is 0.430. The van der Waals surface area contributed by atoms with Crippen LogP contribution in [0.4, 0.5) is 13.2 Å². The highest BCUT2D eigenvalue weighted by molar-refractivity contribution is 6.62. The molecule has 1 aliphatic carbocycles. The molecule has 0 amide bonds. The van der Waals surface area contributed by atoms with Gasteiger partial charge < -0.3 is 23.2 Å². The van der Waals surface area contributed by atoms with Gasteiger partial charge in [-0.3, -0.25) is 0 Å². The van der Waals surface area contributed by atoms with Crippen LogP contribution in [0.3, 0.4) is 0 Å². The van der Waals surface area contributed by atoms with E-state index in [1.165, 1.54) is 0 Å². The second-order valence-corrected chi connectivity index (χ2v) is 10.6. The van der Waals surface area contributed by atoms with Crippen LogP contribution in [-0.2, 0) is 32.6 Å². The molecule has 1 saturated carbocycles. The van der Waals surface area contributed by atoms with Gasteiger partial charge in [-0.2, -0.15) is 13.2 Å². The molecule has 33 heavy (non-hydrogen) atoms. The van der Waals surface area contributed by atoms with Crippen LogP contribution in [0.15, 0.2) is 12.3 Å². The van der Waals surface area contributed by atoms with Gasteiger partial charge in [0, 0.05) is 37.8 Å². The van der Waals surface area contributed by atoms with Crippen molar-refractivity contribution in [1.82, 2.24) is 19.3 Å². The number of fused-ring (bicyclic) bond motifs is 3. The molecule has 180 valence electrons. The van der Waals surface area contributed by atoms with E-state index in [0.29, 0.717) is 37.6 Å². The predicted molar refractivity (Wildman–Crippen MR) is 116 cm³/mol. The third-order valence-corrected chi connectivity index (χ3v) is 7.90. The second kappa shape index (κ2) is 7.32. The van der Waals surface area contributed by atoms with E-state index in [1.54, 1.807) is 11.7 Å². The van der Waals surface area contributed by atoms with Gasteiger partial charge in [0.1, 0.15) is 11.2 Å². The SMILES string of the molecule is COCC1Cn2cc(B3OC(C)(C)C(C)(C)O3)cc2-c2nnc(C3(C(F)(F)F)CCC3)n2C1. The van der Waals surface area contributed by atoms with Crippen molar-refractivity contribution >= 4 is 12.6 Å². The number of hydrogen-bond donors (Lipinski definition) is 0. The molecule has 2 aliphatic heterocycles. The molecule has 5 rings (SSSR count). The zero-order valence-corrected chi connectivity index (χ0v) is 19.7. The van der Waals surface area contributed by atoms with Crippen LogP contribution in [0.25, 0.3) is 11.5 Å². The van der Waals surface area contributed by atoms with Crippen molar-refractivity contribution in [1.29, 1.82) is 0 Å². The van der Waals surface area contributed by atoms with Crippen molar-refractivity contribution in [3.05, 3.63) is 18.1 Å². The summed E-state index contributed by atoms with van der Waals surface area (Å²) in [5, 5.41) is 8.40. The summed E-state index contributed by atoms with van der Waals surface area (Å²) in [6, 6.07) is 1.91. The fourth-order valence-corrected chi connectivity index (χ4v) is 5.10. The summed E-state index contributed by atoms with van der Waals surface area (Å²) in [5.41, 5.74) is -1.38. The topological polar surface area (TPSA) is 63.3 Å². The lowest BCUT2D eigenvalue weighted by Gasteiger charge is -2.42. The van der Waals surface area contributed by atoms with E-state index < -0.39 is 29.9 Å². The van der Waals surface area contributed by atoms with Crippen molar-refractivity contribution in [2.75, 3.05) is 13.7 Å². The fraction of sp³-hybridized carbons (Fsp3) is 0.727. The average molecular weight is 466 g/mol. The van der Waals surface area contributed by atoms with E-state index in [1.807, 2.05) is 44.5 Å². The lowest BCUT2D eigenvalue weighted by molar-refractivity contribution is -0.216. The highest BCUT2D eigenvalue weighted by Gasteiger charge is 2.62. The molecule has 0 bridgehead atoms. The Morgan fingerprint density at radius 2 is 1.79 bits per heavy atom. The van der Waals surface area contributed by atoms with Crippen LogP contribution in [0, 0.1) is 5.92 Å². The Kier molecular flexibility index (Phi) is 5.09. The summed E-state index contributed by atoms with van der Waals surface area (Å²) in [7, 11) is 1.04. The quantitative estimate of drug-likeness (QED) is 0.648. The van der Waals surface area contributed by atoms with Gasteiger partial charge >= 0.3 is 13.3 Å². The number of rotatable bonds is 4. The molecule has 2 fully saturated rings. The fourth-order valence-electron chi connectivity index (χ4n) is 5.10. The van der Waals surface area contributed by atoms with Crippen molar-refractivity contribution in [3.8, 4) is 11.5 Å². The number of ether oxygens (including phenoxy) is 1. The molecular formula is C22H30BF3N4O3. The van der Waals surface area contributed by atoms with Gasteiger partial charge in [-0.1, -0.05) is 6.42 Å². The lowest BCUT2D eigenvalue weighted by atomic mass is 9.67. The molecule has 0 aromatic carbocycles. The van der Waals surface area contributed by atoms with E-state index in [-0.39, 0.29) is 24.6 Å². The van der Waals surface area contributed by atoms with Gasteiger partial charge in [0.15, 0.2) is 5.82 Å². The van der Waals surface area contributed by atoms with Crippen LogP contribution in [0.5, 0.6) is 0 Å². The number of methoxy groups -OCH3 is 1. The zero-order valence-electron chi connectivity index (χ0n) is 19.7. The van der Waals surface area contributed by atoms with E-state index in [4.69, 9.17) is 14.0 Å². The summed E-state index contributed by atoms with van der Waals surface area (Å²) in [6.45, 7) is 9.32. The van der Waals surface area contributed by atoms with Crippen LogP contribution in [0.1, 0.15) is 52.8 Å². The Bertz CT molecular complexity index is 1040. The third kappa shape index (κ3) is 3.38. The minimum absolute atomic E-state index is 0.0178. The Morgan fingerprint density at radius 3 is 2.33 bits per heavy atom. The van der Waals surface area contributed by atoms with Crippen molar-refractivity contribution in [2.24, 2.45) is 5.92 Å². The first kappa shape index (κ1) is 22.9. The van der Waals surface area contributed by atoms with Gasteiger partial charge in [0.25, 0.3) is 0 Å². The molecule has 11 heteroatoms. The largest absolute Gasteiger partial charge is 0.496 e. The number of nitrogens with zero attached hydrogens (tertiary/aromatic N) is 4. The summed E-state index contributed by atoms with van der Waals surface area (Å²) >= 11 is 0. The molecular weight excluding hydrogens is 436 g/mol. The molecule has 2 aromatic rings. The number of hydrogen-bond acceptors (Lipinski definition) is 5. The van der Waals surface area contributed by atoms with Gasteiger partial charge in [0.05, 0.1) is 23.5 Å². The molecule has 1 saturated heterocycles. The molecule has 0 spiro atoms. The molecule has 4 heterocycles. The van der Waals surface area contributed by atoms with Crippen LogP contribution < -0.4 is 5.46 Å². The molecule has 1 unspecified atom stereocenters. The third-order valence-electron chi connectivity index (χ3n) is 7.90. The highest BCUT2D eigenvalue weighted by Crippen LogP contribution is 2.54. The summed E-state index contributed by atoms with van der Waals surface area (Å²) < 4.78 is 63.9. The number of alkyl halides is 3. The predicted octanol–water partition coefficient (Wildman–Crippen LogP) is 3.31. The van der Waals surface area contributed by atoms with Crippen molar-refractivity contribution in [2.45, 2.75) is 82.8 Å². The Morgan fingerprint density at radius 1 is 1.12 bits per heavy atom. The van der Waals surface area contributed by atoms with E-state index in [0.717, 1.165) is 5.46 Å². The highest BCUT2D eigenvalue weighted by atomic mass is 19.4. The number of aromatic nitrogens is 4. The molecule has 0 radical (unpaired) electrons. The molecule has 2 aromatic heterocycles. The maximum absolute atomic E-state index is 14.1. The van der Waals surface area contributed by atoms with E-state index in [2.05, 4.69) is 10.2 Å². The zero-order chi connectivity index (χ0) is 23.8. The lowest BCUT2D eigenvalue weighted by Crippen LogP contribution is -2.50. The van der Waals surface area contributed by atoms with Gasteiger partial charge in [-0.15, -0.1) is 10.2 Å². The van der Waals surface area contributed by atoms with Gasteiger partial charge in [-0.05, 0) is 46.6 Å². The molecule has 3 aliphatic rings. The second-order valence-electron chi connectivity index (χ2n) is 10.6. The van der Waals surface area contributed by atoms with Crippen molar-refractivity contribution in [3.63, 3.8) is 0 Å².